The number of halogens is 3. The summed E-state index contributed by atoms with van der Waals surface area (Å²) in [6.07, 6.45) is -2.45. The van der Waals surface area contributed by atoms with E-state index in [9.17, 15) is 13.6 Å². The number of carbonyl (C=O) groups excluding carboxylic acids is 1. The number of amides is 1. The molecule has 1 amide bonds. The molecule has 0 bridgehead atoms. The number of benzene rings is 1. The van der Waals surface area contributed by atoms with Gasteiger partial charge in [-0.05, 0) is 17.7 Å². The van der Waals surface area contributed by atoms with Crippen LogP contribution in [-0.2, 0) is 11.3 Å². The lowest BCUT2D eigenvalue weighted by atomic mass is 10.1. The van der Waals surface area contributed by atoms with Crippen molar-refractivity contribution in [2.45, 2.75) is 13.0 Å². The number of hydrogen-bond acceptors (Lipinski definition) is 3. The third kappa shape index (κ3) is 5.96. The number of carbonyl (C=O) groups is 1. The van der Waals surface area contributed by atoms with Gasteiger partial charge >= 0.3 is 0 Å². The number of alkyl halides is 2. The molecule has 0 saturated heterocycles. The Hall–Kier alpha value is -1.24. The van der Waals surface area contributed by atoms with Crippen LogP contribution in [0.1, 0.15) is 15.9 Å². The van der Waals surface area contributed by atoms with E-state index in [0.717, 1.165) is 5.56 Å². The van der Waals surface area contributed by atoms with Crippen LogP contribution in [0.4, 0.5) is 8.78 Å². The summed E-state index contributed by atoms with van der Waals surface area (Å²) in [5, 5.41) is 3.42. The minimum Gasteiger partial charge on any atom is -0.374 e. The van der Waals surface area contributed by atoms with Crippen LogP contribution >= 0.6 is 11.6 Å². The van der Waals surface area contributed by atoms with Gasteiger partial charge in [0.1, 0.15) is 6.61 Å². The molecule has 0 heterocycles. The monoisotopic (exact) mass is 292 g/mol. The van der Waals surface area contributed by atoms with Crippen molar-refractivity contribution < 1.29 is 18.3 Å². The second-order valence-electron chi connectivity index (χ2n) is 3.81. The Kier molecular flexibility index (Phi) is 6.69. The first-order valence-electron chi connectivity index (χ1n) is 5.65. The van der Waals surface area contributed by atoms with Gasteiger partial charge in [0.15, 0.2) is 0 Å². The third-order valence-electron chi connectivity index (χ3n) is 2.32. The molecule has 0 aliphatic rings. The summed E-state index contributed by atoms with van der Waals surface area (Å²) in [5.74, 6) is -0.540. The molecule has 19 heavy (non-hydrogen) atoms. The standard InChI is InChI=1S/C12H15ClF2N2O2/c13-10-5-8(12(16)18)1-2-9(10)6-17-3-4-19-7-11(14)15/h1-2,5,11,17H,3-4,6-7H2,(H2,16,18). The molecule has 4 nitrogen and oxygen atoms in total. The van der Waals surface area contributed by atoms with E-state index in [-0.39, 0.29) is 6.61 Å². The van der Waals surface area contributed by atoms with Gasteiger partial charge in [0.05, 0.1) is 6.61 Å². The summed E-state index contributed by atoms with van der Waals surface area (Å²) in [6.45, 7) is 0.521. The van der Waals surface area contributed by atoms with Gasteiger partial charge in [-0.2, -0.15) is 0 Å². The molecule has 106 valence electrons. The normalized spacial score (nSPS) is 10.9. The molecule has 1 rings (SSSR count). The van der Waals surface area contributed by atoms with Crippen molar-refractivity contribution in [2.24, 2.45) is 5.73 Å². The molecule has 0 aromatic heterocycles. The Morgan fingerprint density at radius 2 is 2.21 bits per heavy atom. The molecule has 7 heteroatoms. The van der Waals surface area contributed by atoms with E-state index in [1.807, 2.05) is 0 Å². The van der Waals surface area contributed by atoms with Crippen LogP contribution in [0.15, 0.2) is 18.2 Å². The third-order valence-corrected chi connectivity index (χ3v) is 2.67. The van der Waals surface area contributed by atoms with Gasteiger partial charge in [-0.25, -0.2) is 8.78 Å². The van der Waals surface area contributed by atoms with Crippen molar-refractivity contribution in [1.82, 2.24) is 5.32 Å². The second-order valence-corrected chi connectivity index (χ2v) is 4.22. The highest BCUT2D eigenvalue weighted by Gasteiger charge is 2.05. The van der Waals surface area contributed by atoms with Gasteiger partial charge in [0.25, 0.3) is 6.43 Å². The molecule has 0 atom stereocenters. The van der Waals surface area contributed by atoms with E-state index < -0.39 is 18.9 Å². The van der Waals surface area contributed by atoms with E-state index >= 15 is 0 Å². The lowest BCUT2D eigenvalue weighted by Gasteiger charge is -2.08. The average molecular weight is 293 g/mol. The van der Waals surface area contributed by atoms with Crippen LogP contribution in [0, 0.1) is 0 Å². The van der Waals surface area contributed by atoms with Crippen molar-refractivity contribution in [3.8, 4) is 0 Å². The molecule has 0 spiro atoms. The van der Waals surface area contributed by atoms with Gasteiger partial charge in [0.2, 0.25) is 5.91 Å². The molecule has 0 saturated carbocycles. The fourth-order valence-corrected chi connectivity index (χ4v) is 1.63. The Balaban J connectivity index is 2.32. The van der Waals surface area contributed by atoms with E-state index in [1.54, 1.807) is 12.1 Å². The number of rotatable bonds is 8. The molecule has 3 N–H and O–H groups in total. The minimum absolute atomic E-state index is 0.196. The molecule has 0 fully saturated rings. The maximum atomic E-state index is 11.8. The number of ether oxygens (including phenoxy) is 1. The van der Waals surface area contributed by atoms with Crippen molar-refractivity contribution >= 4 is 17.5 Å². The quantitative estimate of drug-likeness (QED) is 0.718. The van der Waals surface area contributed by atoms with Crippen LogP contribution in [0.25, 0.3) is 0 Å². The largest absolute Gasteiger partial charge is 0.374 e. The highest BCUT2D eigenvalue weighted by atomic mass is 35.5. The molecule has 0 aliphatic heterocycles. The summed E-state index contributed by atoms with van der Waals surface area (Å²) in [6, 6.07) is 4.77. The van der Waals surface area contributed by atoms with Gasteiger partial charge < -0.3 is 15.8 Å². The van der Waals surface area contributed by atoms with Crippen LogP contribution < -0.4 is 11.1 Å². The molecule has 1 aromatic rings. The smallest absolute Gasteiger partial charge is 0.261 e. The highest BCUT2D eigenvalue weighted by molar-refractivity contribution is 6.31. The zero-order valence-electron chi connectivity index (χ0n) is 10.2. The molecule has 0 radical (unpaired) electrons. The van der Waals surface area contributed by atoms with Crippen LogP contribution in [-0.4, -0.2) is 32.1 Å². The zero-order valence-corrected chi connectivity index (χ0v) is 10.9. The van der Waals surface area contributed by atoms with Gasteiger partial charge in [0, 0.05) is 23.7 Å². The first-order valence-corrected chi connectivity index (χ1v) is 6.03. The van der Waals surface area contributed by atoms with Crippen LogP contribution in [0.2, 0.25) is 5.02 Å². The Morgan fingerprint density at radius 3 is 2.79 bits per heavy atom. The lowest BCUT2D eigenvalue weighted by molar-refractivity contribution is 0.0187. The number of primary amides is 1. The number of nitrogens with two attached hydrogens (primary N) is 1. The van der Waals surface area contributed by atoms with E-state index in [2.05, 4.69) is 5.32 Å². The Labute approximate surface area is 114 Å². The van der Waals surface area contributed by atoms with Crippen molar-refractivity contribution in [3.05, 3.63) is 34.3 Å². The van der Waals surface area contributed by atoms with Crippen molar-refractivity contribution in [1.29, 1.82) is 0 Å². The Bertz CT molecular complexity index is 430. The summed E-state index contributed by atoms with van der Waals surface area (Å²) >= 11 is 5.98. The maximum Gasteiger partial charge on any atom is 0.261 e. The second kappa shape index (κ2) is 8.04. The molecule has 0 unspecified atom stereocenters. The van der Waals surface area contributed by atoms with Gasteiger partial charge in [-0.15, -0.1) is 0 Å². The van der Waals surface area contributed by atoms with Gasteiger partial charge in [-0.1, -0.05) is 17.7 Å². The number of nitrogens with one attached hydrogen (secondary N) is 1. The fraction of sp³-hybridized carbons (Fsp3) is 0.417. The first-order chi connectivity index (χ1) is 9.00. The topological polar surface area (TPSA) is 64.4 Å². The van der Waals surface area contributed by atoms with E-state index in [0.29, 0.717) is 23.7 Å². The van der Waals surface area contributed by atoms with Crippen molar-refractivity contribution in [2.75, 3.05) is 19.8 Å². The summed E-state index contributed by atoms with van der Waals surface area (Å²) < 4.78 is 28.2. The van der Waals surface area contributed by atoms with Crippen LogP contribution in [0.5, 0.6) is 0 Å². The van der Waals surface area contributed by atoms with Crippen molar-refractivity contribution in [3.63, 3.8) is 0 Å². The fourth-order valence-electron chi connectivity index (χ4n) is 1.38. The maximum absolute atomic E-state index is 11.8. The van der Waals surface area contributed by atoms with E-state index in [1.165, 1.54) is 6.07 Å². The summed E-state index contributed by atoms with van der Waals surface area (Å²) in [4.78, 5) is 10.9. The molecule has 0 aliphatic carbocycles. The zero-order chi connectivity index (χ0) is 14.3. The summed E-state index contributed by atoms with van der Waals surface area (Å²) in [7, 11) is 0. The predicted octanol–water partition coefficient (Wildman–Crippen LogP) is 1.81. The lowest BCUT2D eigenvalue weighted by Crippen LogP contribution is -2.21. The average Bonchev–Trinajstić information content (AvgIpc) is 2.34. The Morgan fingerprint density at radius 1 is 1.47 bits per heavy atom. The predicted molar refractivity (Wildman–Crippen MR) is 68.5 cm³/mol. The van der Waals surface area contributed by atoms with E-state index in [4.69, 9.17) is 22.1 Å². The van der Waals surface area contributed by atoms with Gasteiger partial charge in [-0.3, -0.25) is 4.79 Å². The minimum atomic E-state index is -2.45. The molecular weight excluding hydrogens is 278 g/mol. The van der Waals surface area contributed by atoms with Crippen LogP contribution in [0.3, 0.4) is 0 Å². The number of hydrogen-bond donors (Lipinski definition) is 2. The molecular formula is C12H15ClF2N2O2. The first kappa shape index (κ1) is 15.8. The molecule has 1 aromatic carbocycles. The summed E-state index contributed by atoms with van der Waals surface area (Å²) in [5.41, 5.74) is 6.25. The SMILES string of the molecule is NC(=O)c1ccc(CNCCOCC(F)F)c(Cl)c1. The highest BCUT2D eigenvalue weighted by Crippen LogP contribution is 2.17.